The number of rotatable bonds is 4. The van der Waals surface area contributed by atoms with Crippen molar-refractivity contribution in [3.8, 4) is 5.75 Å². The first-order chi connectivity index (χ1) is 11.6. The molecule has 3 aromatic carbocycles. The Balaban J connectivity index is 1.93. The lowest BCUT2D eigenvalue weighted by atomic mass is 9.91. The number of ether oxygens (including phenoxy) is 1. The van der Waals surface area contributed by atoms with Gasteiger partial charge in [-0.15, -0.1) is 0 Å². The van der Waals surface area contributed by atoms with Crippen LogP contribution in [0.2, 0.25) is 0 Å². The molecule has 0 fully saturated rings. The summed E-state index contributed by atoms with van der Waals surface area (Å²) < 4.78 is 5.68. The third-order valence-electron chi connectivity index (χ3n) is 4.20. The van der Waals surface area contributed by atoms with Gasteiger partial charge < -0.3 is 4.74 Å². The zero-order valence-corrected chi connectivity index (χ0v) is 13.9. The molecule has 0 amide bonds. The molecule has 3 aromatic rings. The molecule has 0 saturated heterocycles. The minimum absolute atomic E-state index is 0.268. The molecule has 0 radical (unpaired) electrons. The Kier molecular flexibility index (Phi) is 4.76. The van der Waals surface area contributed by atoms with E-state index in [2.05, 4.69) is 0 Å². The van der Waals surface area contributed by atoms with Crippen molar-refractivity contribution in [2.24, 2.45) is 0 Å². The van der Waals surface area contributed by atoms with Crippen LogP contribution >= 0.6 is 0 Å². The molecule has 0 N–H and O–H groups in total. The fraction of sp³-hybridized carbons (Fsp3) is 0.136. The molecule has 0 saturated carbocycles. The Morgan fingerprint density at radius 2 is 1.29 bits per heavy atom. The van der Waals surface area contributed by atoms with E-state index in [9.17, 15) is 4.79 Å². The standard InChI is InChI=1S/C22H20O2/c1-16-13-14-20(15-17(16)2)24-22(23)21(18-9-5-3-6-10-18)19-11-7-4-8-12-19/h3-15,21H,1-2H3. The molecule has 0 aliphatic heterocycles. The minimum atomic E-state index is -0.436. The van der Waals surface area contributed by atoms with Gasteiger partial charge in [0.1, 0.15) is 11.7 Å². The molecule has 120 valence electrons. The number of aryl methyl sites for hydroxylation is 2. The van der Waals surface area contributed by atoms with Crippen molar-refractivity contribution >= 4 is 5.97 Å². The van der Waals surface area contributed by atoms with Crippen molar-refractivity contribution in [1.29, 1.82) is 0 Å². The predicted octanol–water partition coefficient (Wildman–Crippen LogP) is 5.04. The zero-order valence-electron chi connectivity index (χ0n) is 13.9. The summed E-state index contributed by atoms with van der Waals surface area (Å²) in [6.07, 6.45) is 0. The molecule has 0 heterocycles. The molecule has 0 unspecified atom stereocenters. The van der Waals surface area contributed by atoms with E-state index in [0.717, 1.165) is 16.7 Å². The fourth-order valence-corrected chi connectivity index (χ4v) is 2.71. The summed E-state index contributed by atoms with van der Waals surface area (Å²) in [6.45, 7) is 4.05. The van der Waals surface area contributed by atoms with Crippen LogP contribution in [0.1, 0.15) is 28.2 Å². The largest absolute Gasteiger partial charge is 0.426 e. The smallest absolute Gasteiger partial charge is 0.323 e. The Bertz CT molecular complexity index is 784. The van der Waals surface area contributed by atoms with Crippen molar-refractivity contribution in [1.82, 2.24) is 0 Å². The van der Waals surface area contributed by atoms with Crippen molar-refractivity contribution in [3.63, 3.8) is 0 Å². The monoisotopic (exact) mass is 316 g/mol. The van der Waals surface area contributed by atoms with Gasteiger partial charge in [-0.25, -0.2) is 0 Å². The van der Waals surface area contributed by atoms with Gasteiger partial charge >= 0.3 is 5.97 Å². The van der Waals surface area contributed by atoms with E-state index in [1.807, 2.05) is 92.7 Å². The summed E-state index contributed by atoms with van der Waals surface area (Å²) in [5.41, 5.74) is 4.14. The number of hydrogen-bond donors (Lipinski definition) is 0. The van der Waals surface area contributed by atoms with Crippen molar-refractivity contribution < 1.29 is 9.53 Å². The lowest BCUT2D eigenvalue weighted by Crippen LogP contribution is -2.20. The van der Waals surface area contributed by atoms with Crippen LogP contribution in [0, 0.1) is 13.8 Å². The maximum absolute atomic E-state index is 12.9. The summed E-state index contributed by atoms with van der Waals surface area (Å²) in [7, 11) is 0. The second-order valence-electron chi connectivity index (χ2n) is 5.92. The van der Waals surface area contributed by atoms with Gasteiger partial charge in [-0.05, 0) is 48.2 Å². The van der Waals surface area contributed by atoms with Gasteiger partial charge in [-0.3, -0.25) is 4.79 Å². The van der Waals surface area contributed by atoms with Gasteiger partial charge in [0.05, 0.1) is 0 Å². The van der Waals surface area contributed by atoms with Crippen molar-refractivity contribution in [3.05, 3.63) is 101 Å². The van der Waals surface area contributed by atoms with Crippen LogP contribution in [0.3, 0.4) is 0 Å². The molecule has 2 heteroatoms. The molecular formula is C22H20O2. The molecule has 0 spiro atoms. The normalized spacial score (nSPS) is 10.6. The molecule has 3 rings (SSSR count). The first-order valence-corrected chi connectivity index (χ1v) is 8.04. The highest BCUT2D eigenvalue weighted by Gasteiger charge is 2.24. The SMILES string of the molecule is Cc1ccc(OC(=O)C(c2ccccc2)c2ccccc2)cc1C. The lowest BCUT2D eigenvalue weighted by Gasteiger charge is -2.17. The second-order valence-corrected chi connectivity index (χ2v) is 5.92. The molecule has 24 heavy (non-hydrogen) atoms. The molecule has 2 nitrogen and oxygen atoms in total. The number of hydrogen-bond acceptors (Lipinski definition) is 2. The Labute approximate surface area is 142 Å². The third kappa shape index (κ3) is 3.54. The number of benzene rings is 3. The van der Waals surface area contributed by atoms with Crippen LogP contribution < -0.4 is 4.74 Å². The molecule has 0 bridgehead atoms. The summed E-state index contributed by atoms with van der Waals surface area (Å²) >= 11 is 0. The highest BCUT2D eigenvalue weighted by Crippen LogP contribution is 2.27. The topological polar surface area (TPSA) is 26.3 Å². The quantitative estimate of drug-likeness (QED) is 0.498. The van der Waals surface area contributed by atoms with Gasteiger partial charge in [-0.1, -0.05) is 66.7 Å². The van der Waals surface area contributed by atoms with E-state index in [0.29, 0.717) is 5.75 Å². The molecule has 0 aromatic heterocycles. The average Bonchev–Trinajstić information content (AvgIpc) is 2.60. The Morgan fingerprint density at radius 1 is 0.750 bits per heavy atom. The van der Waals surface area contributed by atoms with E-state index in [-0.39, 0.29) is 5.97 Å². The number of esters is 1. The highest BCUT2D eigenvalue weighted by molar-refractivity contribution is 5.84. The summed E-state index contributed by atoms with van der Waals surface area (Å²) in [5, 5.41) is 0. The third-order valence-corrected chi connectivity index (χ3v) is 4.20. The maximum Gasteiger partial charge on any atom is 0.323 e. The summed E-state index contributed by atoms with van der Waals surface area (Å²) in [6, 6.07) is 25.2. The summed E-state index contributed by atoms with van der Waals surface area (Å²) in [4.78, 5) is 12.9. The van der Waals surface area contributed by atoms with Crippen molar-refractivity contribution in [2.75, 3.05) is 0 Å². The molecule has 0 aliphatic carbocycles. The van der Waals surface area contributed by atoms with Gasteiger partial charge in [-0.2, -0.15) is 0 Å². The van der Waals surface area contributed by atoms with Gasteiger partial charge in [0.2, 0.25) is 0 Å². The minimum Gasteiger partial charge on any atom is -0.426 e. The second kappa shape index (κ2) is 7.14. The lowest BCUT2D eigenvalue weighted by molar-refractivity contribution is -0.135. The zero-order chi connectivity index (χ0) is 16.9. The molecular weight excluding hydrogens is 296 g/mol. The number of carbonyl (C=O) groups excluding carboxylic acids is 1. The van der Waals surface area contributed by atoms with Crippen LogP contribution in [0.4, 0.5) is 0 Å². The number of carbonyl (C=O) groups is 1. The van der Waals surface area contributed by atoms with Crippen LogP contribution in [0.15, 0.2) is 78.9 Å². The first kappa shape index (κ1) is 16.0. The Hall–Kier alpha value is -2.87. The van der Waals surface area contributed by atoms with Crippen LogP contribution in [-0.4, -0.2) is 5.97 Å². The average molecular weight is 316 g/mol. The maximum atomic E-state index is 12.9. The first-order valence-electron chi connectivity index (χ1n) is 8.04. The fourth-order valence-electron chi connectivity index (χ4n) is 2.71. The van der Waals surface area contributed by atoms with Crippen LogP contribution in [0.25, 0.3) is 0 Å². The van der Waals surface area contributed by atoms with Crippen LogP contribution in [0.5, 0.6) is 5.75 Å². The van der Waals surface area contributed by atoms with E-state index in [1.165, 1.54) is 5.56 Å². The van der Waals surface area contributed by atoms with E-state index in [4.69, 9.17) is 4.74 Å². The van der Waals surface area contributed by atoms with Gasteiger partial charge in [0.15, 0.2) is 0 Å². The van der Waals surface area contributed by atoms with Crippen molar-refractivity contribution in [2.45, 2.75) is 19.8 Å². The van der Waals surface area contributed by atoms with E-state index >= 15 is 0 Å². The Morgan fingerprint density at radius 3 is 1.79 bits per heavy atom. The van der Waals surface area contributed by atoms with E-state index < -0.39 is 5.92 Å². The summed E-state index contributed by atoms with van der Waals surface area (Å²) in [5.74, 6) is -0.121. The highest BCUT2D eigenvalue weighted by atomic mass is 16.5. The van der Waals surface area contributed by atoms with Crippen LogP contribution in [-0.2, 0) is 4.79 Å². The molecule has 0 atom stereocenters. The van der Waals surface area contributed by atoms with Gasteiger partial charge in [0.25, 0.3) is 0 Å². The van der Waals surface area contributed by atoms with Gasteiger partial charge in [0, 0.05) is 0 Å². The molecule has 0 aliphatic rings. The van der Waals surface area contributed by atoms with E-state index in [1.54, 1.807) is 0 Å². The predicted molar refractivity (Wildman–Crippen MR) is 96.3 cm³/mol.